The first kappa shape index (κ1) is 29.6. The largest absolute Gasteiger partial charge is 0.754 e. The van der Waals surface area contributed by atoms with Crippen molar-refractivity contribution in [3.63, 3.8) is 0 Å². The van der Waals surface area contributed by atoms with E-state index in [2.05, 4.69) is 4.98 Å². The molecule has 0 N–H and O–H groups in total. The van der Waals surface area contributed by atoms with Gasteiger partial charge in [0, 0.05) is 24.5 Å². The van der Waals surface area contributed by atoms with Crippen molar-refractivity contribution in [3.05, 3.63) is 84.1 Å². The number of sulfone groups is 1. The number of ether oxygens (including phenoxy) is 2. The Kier molecular flexibility index (Phi) is 9.31. The number of carbonyl (C=O) groups excluding carboxylic acids is 1. The van der Waals surface area contributed by atoms with Gasteiger partial charge in [0.25, 0.3) is 0 Å². The van der Waals surface area contributed by atoms with Gasteiger partial charge in [-0.05, 0) is 23.3 Å². The van der Waals surface area contributed by atoms with Crippen molar-refractivity contribution < 1.29 is 31.4 Å². The van der Waals surface area contributed by atoms with Gasteiger partial charge in [0.05, 0.1) is 35.0 Å². The molecule has 11 nitrogen and oxygen atoms in total. The van der Waals surface area contributed by atoms with E-state index in [9.17, 15) is 27.2 Å². The summed E-state index contributed by atoms with van der Waals surface area (Å²) in [6.45, 7) is 0.382. The number of aromatic nitrogens is 2. The minimum Gasteiger partial charge on any atom is -0.754 e. The first-order valence-corrected chi connectivity index (χ1v) is 15.1. The number of nitrogens with zero attached hydrogens (tertiary/aromatic N) is 4. The molecule has 13 heteroatoms. The maximum atomic E-state index is 13.0. The molecule has 4 rings (SSSR count). The van der Waals surface area contributed by atoms with Gasteiger partial charge in [-0.1, -0.05) is 60.7 Å². The zero-order valence-corrected chi connectivity index (χ0v) is 23.7. The van der Waals surface area contributed by atoms with Gasteiger partial charge in [0.1, 0.15) is 18.1 Å². The highest BCUT2D eigenvalue weighted by Gasteiger charge is 2.23. The lowest BCUT2D eigenvalue weighted by atomic mass is 10.0. The molecule has 0 aliphatic carbocycles. The lowest BCUT2D eigenvalue weighted by Crippen LogP contribution is -2.19. The van der Waals surface area contributed by atoms with Crippen molar-refractivity contribution in [2.75, 3.05) is 30.9 Å². The molecular weight excluding hydrogens is 568 g/mol. The minimum absolute atomic E-state index is 0.0389. The standard InChI is InChI=1S/C28H26N4O7S2/c1-38-14-15-39-28-25(18-33)31(27(30-28)20-8-4-3-5-9-20)17-22-13-12-21(16-26(22)41(2,36)37)23-10-6-7-11-24(23)32(19-29)40(34)35/h3-13,16,18H,14-15,17H2,1-2H3,(H,34,35)/p-1. The monoisotopic (exact) mass is 593 g/mol. The fraction of sp³-hybridized carbons (Fsp3) is 0.179. The zero-order valence-electron chi connectivity index (χ0n) is 22.1. The predicted octanol–water partition coefficient (Wildman–Crippen LogP) is 3.59. The third-order valence-corrected chi connectivity index (χ3v) is 7.87. The second-order valence-electron chi connectivity index (χ2n) is 8.76. The quantitative estimate of drug-likeness (QED) is 0.0788. The van der Waals surface area contributed by atoms with Gasteiger partial charge in [-0.3, -0.25) is 9.00 Å². The summed E-state index contributed by atoms with van der Waals surface area (Å²) in [6, 6.07) is 20.0. The molecule has 3 aromatic carbocycles. The first-order chi connectivity index (χ1) is 19.7. The SMILES string of the molecule is COCCOc1nc(-c2ccccc2)n(Cc2ccc(-c3ccccc3N(C#N)S(=O)[O-])cc2S(C)(=O)=O)c1C=O. The second-order valence-corrected chi connectivity index (χ2v) is 11.5. The van der Waals surface area contributed by atoms with Crippen molar-refractivity contribution in [3.8, 4) is 34.6 Å². The number of para-hydroxylation sites is 1. The fourth-order valence-electron chi connectivity index (χ4n) is 4.28. The summed E-state index contributed by atoms with van der Waals surface area (Å²) in [4.78, 5) is 16.8. The molecule has 212 valence electrons. The molecule has 1 aromatic heterocycles. The highest BCUT2D eigenvalue weighted by atomic mass is 32.2. The van der Waals surface area contributed by atoms with E-state index in [1.54, 1.807) is 41.1 Å². The van der Waals surface area contributed by atoms with E-state index in [0.717, 1.165) is 6.26 Å². The van der Waals surface area contributed by atoms with Crippen LogP contribution in [0.1, 0.15) is 16.1 Å². The van der Waals surface area contributed by atoms with Gasteiger partial charge in [-0.15, -0.1) is 0 Å². The minimum atomic E-state index is -3.82. The molecule has 0 amide bonds. The number of rotatable bonds is 12. The van der Waals surface area contributed by atoms with E-state index in [-0.39, 0.29) is 41.9 Å². The number of benzene rings is 3. The molecule has 1 atom stereocenters. The molecule has 1 unspecified atom stereocenters. The van der Waals surface area contributed by atoms with Crippen LogP contribution in [0.4, 0.5) is 5.69 Å². The van der Waals surface area contributed by atoms with Crippen LogP contribution < -0.4 is 9.04 Å². The van der Waals surface area contributed by atoms with E-state index in [4.69, 9.17) is 9.47 Å². The molecule has 0 aliphatic heterocycles. The molecular formula is C28H25N4O7S2-. The van der Waals surface area contributed by atoms with Crippen molar-refractivity contribution in [1.29, 1.82) is 5.26 Å². The summed E-state index contributed by atoms with van der Waals surface area (Å²) >= 11 is -2.88. The van der Waals surface area contributed by atoms with Crippen LogP contribution >= 0.6 is 0 Å². The van der Waals surface area contributed by atoms with E-state index in [1.807, 2.05) is 30.3 Å². The number of aldehydes is 1. The lowest BCUT2D eigenvalue weighted by molar-refractivity contribution is 0.110. The van der Waals surface area contributed by atoms with Crippen LogP contribution in [0.5, 0.6) is 5.88 Å². The van der Waals surface area contributed by atoms with Crippen LogP contribution in [0.15, 0.2) is 77.7 Å². The third-order valence-electron chi connectivity index (χ3n) is 6.11. The molecule has 0 saturated heterocycles. The van der Waals surface area contributed by atoms with Gasteiger partial charge in [0.15, 0.2) is 22.3 Å². The van der Waals surface area contributed by atoms with Crippen molar-refractivity contribution >= 4 is 33.1 Å². The van der Waals surface area contributed by atoms with Gasteiger partial charge in [0.2, 0.25) is 5.88 Å². The number of hydrogen-bond acceptors (Lipinski definition) is 9. The number of imidazole rings is 1. The number of methoxy groups -OCH3 is 1. The van der Waals surface area contributed by atoms with Crippen LogP contribution in [0.2, 0.25) is 0 Å². The number of nitriles is 1. The summed E-state index contributed by atoms with van der Waals surface area (Å²) in [6.07, 6.45) is 3.27. The van der Waals surface area contributed by atoms with E-state index < -0.39 is 21.1 Å². The first-order valence-electron chi connectivity index (χ1n) is 12.1. The molecule has 0 saturated carbocycles. The molecule has 41 heavy (non-hydrogen) atoms. The Morgan fingerprint density at radius 1 is 1.07 bits per heavy atom. The van der Waals surface area contributed by atoms with Crippen LogP contribution in [-0.4, -0.2) is 59.6 Å². The van der Waals surface area contributed by atoms with Gasteiger partial charge in [-0.2, -0.15) is 10.2 Å². The highest BCUT2D eigenvalue weighted by Crippen LogP contribution is 2.35. The van der Waals surface area contributed by atoms with Crippen LogP contribution in [0.3, 0.4) is 0 Å². The number of carbonyl (C=O) groups is 1. The van der Waals surface area contributed by atoms with Crippen molar-refractivity contribution in [1.82, 2.24) is 9.55 Å². The molecule has 0 aliphatic rings. The Hall–Kier alpha value is -4.35. The maximum Gasteiger partial charge on any atom is 0.243 e. The van der Waals surface area contributed by atoms with Gasteiger partial charge < -0.3 is 18.6 Å². The Morgan fingerprint density at radius 2 is 1.78 bits per heavy atom. The van der Waals surface area contributed by atoms with Crippen LogP contribution in [0.25, 0.3) is 22.5 Å². The summed E-state index contributed by atoms with van der Waals surface area (Å²) in [5.74, 6) is 0.487. The summed E-state index contributed by atoms with van der Waals surface area (Å²) < 4.78 is 62.1. The average Bonchev–Trinajstić information content (AvgIpc) is 3.30. The summed E-state index contributed by atoms with van der Waals surface area (Å²) in [5.41, 5.74) is 1.95. The summed E-state index contributed by atoms with van der Waals surface area (Å²) in [5, 5.41) is 9.39. The topological polar surface area (TPSA) is 155 Å². The van der Waals surface area contributed by atoms with Crippen molar-refractivity contribution in [2.24, 2.45) is 0 Å². The molecule has 0 radical (unpaired) electrons. The predicted molar refractivity (Wildman–Crippen MR) is 152 cm³/mol. The van der Waals surface area contributed by atoms with Crippen LogP contribution in [-0.2, 0) is 32.4 Å². The normalized spacial score (nSPS) is 12.0. The van der Waals surface area contributed by atoms with Crippen molar-refractivity contribution in [2.45, 2.75) is 11.4 Å². The highest BCUT2D eigenvalue weighted by molar-refractivity contribution is 7.90. The fourth-order valence-corrected chi connectivity index (χ4v) is 5.62. The van der Waals surface area contributed by atoms with E-state index >= 15 is 0 Å². The number of hydrogen-bond donors (Lipinski definition) is 0. The smallest absolute Gasteiger partial charge is 0.243 e. The maximum absolute atomic E-state index is 13.0. The van der Waals surface area contributed by atoms with E-state index in [1.165, 1.54) is 19.2 Å². The number of anilines is 1. The van der Waals surface area contributed by atoms with Gasteiger partial charge >= 0.3 is 0 Å². The Morgan fingerprint density at radius 3 is 2.41 bits per heavy atom. The lowest BCUT2D eigenvalue weighted by Gasteiger charge is -2.21. The van der Waals surface area contributed by atoms with Gasteiger partial charge in [-0.25, -0.2) is 12.7 Å². The molecule has 0 fully saturated rings. The molecule has 0 bridgehead atoms. The molecule has 1 heterocycles. The Balaban J connectivity index is 1.87. The van der Waals surface area contributed by atoms with Crippen LogP contribution in [0, 0.1) is 11.5 Å². The Bertz CT molecular complexity index is 1730. The zero-order chi connectivity index (χ0) is 29.6. The molecule has 0 spiro atoms. The molecule has 4 aromatic rings. The summed E-state index contributed by atoms with van der Waals surface area (Å²) in [7, 11) is -2.30. The second kappa shape index (κ2) is 12.9. The van der Waals surface area contributed by atoms with E-state index in [0.29, 0.717) is 38.7 Å². The Labute approximate surface area is 239 Å². The average molecular weight is 594 g/mol. The third kappa shape index (κ3) is 6.53.